The third-order valence-corrected chi connectivity index (χ3v) is 4.01. The van der Waals surface area contributed by atoms with Gasteiger partial charge in [0.25, 0.3) is 0 Å². The van der Waals surface area contributed by atoms with Gasteiger partial charge in [0.15, 0.2) is 5.78 Å². The van der Waals surface area contributed by atoms with Crippen LogP contribution >= 0.6 is 0 Å². The number of rotatable bonds is 3. The normalized spacial score (nSPS) is 18.4. The summed E-state index contributed by atoms with van der Waals surface area (Å²) in [5, 5.41) is 0. The maximum atomic E-state index is 12.8. The summed E-state index contributed by atoms with van der Waals surface area (Å²) < 4.78 is 5.47. The highest BCUT2D eigenvalue weighted by Gasteiger charge is 2.34. The molecular formula is C19H28N2O3. The molecule has 2 rings (SSSR count). The minimum atomic E-state index is -0.558. The third kappa shape index (κ3) is 5.05. The highest BCUT2D eigenvalue weighted by Crippen LogP contribution is 2.22. The van der Waals surface area contributed by atoms with Gasteiger partial charge in [0.05, 0.1) is 12.5 Å². The minimum Gasteiger partial charge on any atom is -0.444 e. The lowest BCUT2D eigenvalue weighted by Gasteiger charge is -2.35. The largest absolute Gasteiger partial charge is 0.444 e. The van der Waals surface area contributed by atoms with Crippen LogP contribution in [-0.2, 0) is 16.0 Å². The van der Waals surface area contributed by atoms with E-state index in [0.29, 0.717) is 13.0 Å². The topological polar surface area (TPSA) is 59.5 Å². The number of hydrogen-bond acceptors (Lipinski definition) is 4. The second-order valence-corrected chi connectivity index (χ2v) is 7.61. The number of ether oxygens (including phenoxy) is 1. The number of piperidine rings is 1. The molecule has 1 aromatic heterocycles. The Kier molecular flexibility index (Phi) is 5.62. The predicted octanol–water partition coefficient (Wildman–Crippen LogP) is 3.60. The first-order chi connectivity index (χ1) is 11.2. The van der Waals surface area contributed by atoms with Gasteiger partial charge in [-0.2, -0.15) is 0 Å². The van der Waals surface area contributed by atoms with Crippen LogP contribution < -0.4 is 0 Å². The second-order valence-electron chi connectivity index (χ2n) is 7.61. The molecule has 0 saturated carbocycles. The highest BCUT2D eigenvalue weighted by atomic mass is 16.6. The van der Waals surface area contributed by atoms with E-state index in [-0.39, 0.29) is 12.2 Å². The summed E-state index contributed by atoms with van der Waals surface area (Å²) in [5.74, 6) is 0.0399. The molecule has 1 saturated heterocycles. The van der Waals surface area contributed by atoms with E-state index in [1.165, 1.54) is 0 Å². The van der Waals surface area contributed by atoms with Crippen LogP contribution in [0.4, 0.5) is 4.79 Å². The quantitative estimate of drug-likeness (QED) is 0.848. The number of likely N-dealkylation sites (tertiary alicyclic amines) is 1. The molecule has 0 bridgehead atoms. The maximum Gasteiger partial charge on any atom is 0.410 e. The van der Waals surface area contributed by atoms with Gasteiger partial charge in [0.1, 0.15) is 5.60 Å². The van der Waals surface area contributed by atoms with Crippen molar-refractivity contribution in [2.45, 2.75) is 71.9 Å². The Morgan fingerprint density at radius 2 is 1.96 bits per heavy atom. The van der Waals surface area contributed by atoms with Crippen LogP contribution in [0.2, 0.25) is 0 Å². The van der Waals surface area contributed by atoms with Gasteiger partial charge < -0.3 is 4.74 Å². The van der Waals surface area contributed by atoms with Crippen molar-refractivity contribution in [2.75, 3.05) is 6.54 Å². The van der Waals surface area contributed by atoms with E-state index < -0.39 is 17.7 Å². The van der Waals surface area contributed by atoms with Crippen LogP contribution in [0.25, 0.3) is 0 Å². The van der Waals surface area contributed by atoms with Crippen LogP contribution in [0.5, 0.6) is 0 Å². The molecule has 1 amide bonds. The van der Waals surface area contributed by atoms with Gasteiger partial charge in [-0.1, -0.05) is 0 Å². The molecule has 24 heavy (non-hydrogen) atoms. The average molecular weight is 332 g/mol. The molecule has 1 aromatic rings. The zero-order valence-electron chi connectivity index (χ0n) is 15.4. The first-order valence-corrected chi connectivity index (χ1v) is 8.62. The lowest BCUT2D eigenvalue weighted by molar-refractivity contribution is -0.124. The SMILES string of the molecule is Cc1cc(C)nc(CC(=O)[C@@H]2CCCCN2C(=O)OC(C)(C)C)c1. The summed E-state index contributed by atoms with van der Waals surface area (Å²) in [6.07, 6.45) is 2.42. The average Bonchev–Trinajstić information content (AvgIpc) is 2.44. The molecule has 0 aromatic carbocycles. The van der Waals surface area contributed by atoms with Crippen LogP contribution in [0.15, 0.2) is 12.1 Å². The maximum absolute atomic E-state index is 12.8. The smallest absolute Gasteiger partial charge is 0.410 e. The number of pyridine rings is 1. The standard InChI is InChI=1S/C19H28N2O3/c1-13-10-14(2)20-15(11-13)12-17(22)16-8-6-7-9-21(16)18(23)24-19(3,4)5/h10-11,16H,6-9,12H2,1-5H3/t16-/m0/s1. The molecular weight excluding hydrogens is 304 g/mol. The van der Waals surface area contributed by atoms with Crippen molar-refractivity contribution >= 4 is 11.9 Å². The van der Waals surface area contributed by atoms with E-state index in [2.05, 4.69) is 4.98 Å². The van der Waals surface area contributed by atoms with Crippen molar-refractivity contribution in [3.05, 3.63) is 29.1 Å². The van der Waals surface area contributed by atoms with Crippen LogP contribution in [0.1, 0.15) is 57.0 Å². The number of nitrogens with zero attached hydrogens (tertiary/aromatic N) is 2. The van der Waals surface area contributed by atoms with Crippen LogP contribution in [0.3, 0.4) is 0 Å². The molecule has 0 aliphatic carbocycles. The zero-order valence-corrected chi connectivity index (χ0v) is 15.4. The Bertz CT molecular complexity index is 599. The van der Waals surface area contributed by atoms with E-state index in [1.54, 1.807) is 4.90 Å². The molecule has 132 valence electrons. The Morgan fingerprint density at radius 3 is 2.58 bits per heavy atom. The number of Topliss-reactive ketones (excluding diaryl/α,β-unsaturated/α-hetero) is 1. The predicted molar refractivity (Wildman–Crippen MR) is 93.0 cm³/mol. The number of carbonyl (C=O) groups is 2. The van der Waals surface area contributed by atoms with E-state index in [0.717, 1.165) is 29.8 Å². The Morgan fingerprint density at radius 1 is 1.25 bits per heavy atom. The molecule has 1 fully saturated rings. The van der Waals surface area contributed by atoms with Crippen molar-refractivity contribution < 1.29 is 14.3 Å². The fraction of sp³-hybridized carbons (Fsp3) is 0.632. The molecule has 5 heteroatoms. The molecule has 1 atom stereocenters. The fourth-order valence-electron chi connectivity index (χ4n) is 3.12. The Labute approximate surface area is 144 Å². The van der Waals surface area contributed by atoms with Gasteiger partial charge in [0.2, 0.25) is 0 Å². The summed E-state index contributed by atoms with van der Waals surface area (Å²) in [6, 6.07) is 3.52. The van der Waals surface area contributed by atoms with Crippen molar-refractivity contribution in [3.8, 4) is 0 Å². The molecule has 0 radical (unpaired) electrons. The summed E-state index contributed by atoms with van der Waals surface area (Å²) in [4.78, 5) is 31.2. The summed E-state index contributed by atoms with van der Waals surface area (Å²) in [6.45, 7) is 10.0. The Balaban J connectivity index is 2.11. The third-order valence-electron chi connectivity index (χ3n) is 4.01. The van der Waals surface area contributed by atoms with Gasteiger partial charge in [-0.15, -0.1) is 0 Å². The van der Waals surface area contributed by atoms with E-state index in [9.17, 15) is 9.59 Å². The lowest BCUT2D eigenvalue weighted by Crippen LogP contribution is -2.50. The number of hydrogen-bond donors (Lipinski definition) is 0. The van der Waals surface area contributed by atoms with E-state index in [4.69, 9.17) is 4.74 Å². The molecule has 5 nitrogen and oxygen atoms in total. The van der Waals surface area contributed by atoms with Gasteiger partial charge in [-0.25, -0.2) is 4.79 Å². The van der Waals surface area contributed by atoms with E-state index in [1.807, 2.05) is 46.8 Å². The molecule has 0 spiro atoms. The molecule has 1 aliphatic heterocycles. The van der Waals surface area contributed by atoms with Crippen LogP contribution in [-0.4, -0.2) is 39.9 Å². The zero-order chi connectivity index (χ0) is 17.9. The van der Waals surface area contributed by atoms with E-state index >= 15 is 0 Å². The first kappa shape index (κ1) is 18.4. The summed E-state index contributed by atoms with van der Waals surface area (Å²) in [5.41, 5.74) is 2.22. The highest BCUT2D eigenvalue weighted by molar-refractivity contribution is 5.89. The number of aryl methyl sites for hydroxylation is 2. The number of carbonyl (C=O) groups excluding carboxylic acids is 2. The number of aromatic nitrogens is 1. The van der Waals surface area contributed by atoms with Crippen molar-refractivity contribution in [1.29, 1.82) is 0 Å². The number of amides is 1. The molecule has 0 unspecified atom stereocenters. The fourth-order valence-corrected chi connectivity index (χ4v) is 3.12. The molecule has 0 N–H and O–H groups in total. The van der Waals surface area contributed by atoms with Gasteiger partial charge in [-0.3, -0.25) is 14.7 Å². The summed E-state index contributed by atoms with van der Waals surface area (Å²) >= 11 is 0. The second kappa shape index (κ2) is 7.32. The monoisotopic (exact) mass is 332 g/mol. The summed E-state index contributed by atoms with van der Waals surface area (Å²) in [7, 11) is 0. The minimum absolute atomic E-state index is 0.0399. The lowest BCUT2D eigenvalue weighted by atomic mass is 9.96. The van der Waals surface area contributed by atoms with Gasteiger partial charge in [-0.05, 0) is 71.6 Å². The first-order valence-electron chi connectivity index (χ1n) is 8.62. The van der Waals surface area contributed by atoms with Crippen molar-refractivity contribution in [3.63, 3.8) is 0 Å². The van der Waals surface area contributed by atoms with Crippen molar-refractivity contribution in [2.24, 2.45) is 0 Å². The van der Waals surface area contributed by atoms with Gasteiger partial charge >= 0.3 is 6.09 Å². The Hall–Kier alpha value is -1.91. The van der Waals surface area contributed by atoms with Gasteiger partial charge in [0, 0.05) is 17.9 Å². The van der Waals surface area contributed by atoms with Crippen LogP contribution in [0, 0.1) is 13.8 Å². The molecule has 2 heterocycles. The number of ketones is 1. The van der Waals surface area contributed by atoms with Crippen molar-refractivity contribution in [1.82, 2.24) is 9.88 Å². The molecule has 1 aliphatic rings.